The Kier molecular flexibility index (Phi) is 4.27. The van der Waals surface area contributed by atoms with Crippen molar-refractivity contribution in [3.8, 4) is 11.3 Å². The van der Waals surface area contributed by atoms with Gasteiger partial charge >= 0.3 is 6.18 Å². The zero-order valence-electron chi connectivity index (χ0n) is 11.0. The number of halogens is 3. The van der Waals surface area contributed by atoms with E-state index in [0.29, 0.717) is 11.3 Å². The molecule has 1 heterocycles. The fraction of sp³-hybridized carbons (Fsp3) is 0.267. The Morgan fingerprint density at radius 3 is 2.40 bits per heavy atom. The van der Waals surface area contributed by atoms with Crippen LogP contribution in [0.25, 0.3) is 11.3 Å². The number of nitrogens with zero attached hydrogens (tertiary/aromatic N) is 1. The van der Waals surface area contributed by atoms with E-state index < -0.39 is 11.7 Å². The molecule has 1 N–H and O–H groups in total. The summed E-state index contributed by atoms with van der Waals surface area (Å²) in [5.41, 5.74) is 1.58. The molecule has 0 radical (unpaired) electrons. The Balaban J connectivity index is 2.23. The van der Waals surface area contributed by atoms with Gasteiger partial charge in [-0.05, 0) is 30.7 Å². The van der Waals surface area contributed by atoms with Crippen molar-refractivity contribution in [2.45, 2.75) is 19.5 Å². The summed E-state index contributed by atoms with van der Waals surface area (Å²) in [6.07, 6.45) is -1.67. The highest BCUT2D eigenvalue weighted by Crippen LogP contribution is 2.30. The quantitative estimate of drug-likeness (QED) is 0.886. The number of hydrogen-bond donors (Lipinski definition) is 1. The Labute approximate surface area is 115 Å². The van der Waals surface area contributed by atoms with Crippen LogP contribution >= 0.6 is 0 Å². The van der Waals surface area contributed by atoms with Crippen molar-refractivity contribution >= 4 is 5.69 Å². The Bertz CT molecular complexity index is 562. The molecule has 0 atom stereocenters. The third-order valence-corrected chi connectivity index (χ3v) is 2.85. The first-order valence-corrected chi connectivity index (χ1v) is 6.38. The van der Waals surface area contributed by atoms with E-state index in [1.165, 1.54) is 12.1 Å². The van der Waals surface area contributed by atoms with Gasteiger partial charge in [0.2, 0.25) is 0 Å². The first kappa shape index (κ1) is 14.4. The third kappa shape index (κ3) is 3.50. The molecule has 0 amide bonds. The molecule has 2 aromatic rings. The molecular weight excluding hydrogens is 265 g/mol. The summed E-state index contributed by atoms with van der Waals surface area (Å²) in [7, 11) is 0. The first-order valence-electron chi connectivity index (χ1n) is 6.38. The van der Waals surface area contributed by atoms with E-state index in [1.807, 2.05) is 12.1 Å². The average Bonchev–Trinajstić information content (AvgIpc) is 2.45. The van der Waals surface area contributed by atoms with Crippen molar-refractivity contribution in [1.82, 2.24) is 4.98 Å². The lowest BCUT2D eigenvalue weighted by Gasteiger charge is -2.09. The lowest BCUT2D eigenvalue weighted by Crippen LogP contribution is -2.04. The second-order valence-corrected chi connectivity index (χ2v) is 4.43. The number of anilines is 1. The van der Waals surface area contributed by atoms with E-state index in [-0.39, 0.29) is 0 Å². The minimum atomic E-state index is -4.31. The average molecular weight is 280 g/mol. The van der Waals surface area contributed by atoms with Gasteiger partial charge in [0.1, 0.15) is 0 Å². The lowest BCUT2D eigenvalue weighted by atomic mass is 10.1. The molecule has 0 bridgehead atoms. The van der Waals surface area contributed by atoms with Crippen molar-refractivity contribution in [3.05, 3.63) is 48.2 Å². The zero-order valence-corrected chi connectivity index (χ0v) is 11.0. The maximum absolute atomic E-state index is 12.5. The van der Waals surface area contributed by atoms with Crippen LogP contribution in [0.15, 0.2) is 42.6 Å². The van der Waals surface area contributed by atoms with Crippen LogP contribution in [0.4, 0.5) is 18.9 Å². The van der Waals surface area contributed by atoms with Crippen LogP contribution in [0.3, 0.4) is 0 Å². The van der Waals surface area contributed by atoms with Gasteiger partial charge in [0.25, 0.3) is 0 Å². The van der Waals surface area contributed by atoms with E-state index in [1.54, 1.807) is 6.20 Å². The Morgan fingerprint density at radius 1 is 1.10 bits per heavy atom. The highest BCUT2D eigenvalue weighted by molar-refractivity contribution is 5.64. The maximum Gasteiger partial charge on any atom is 0.416 e. The van der Waals surface area contributed by atoms with E-state index in [4.69, 9.17) is 0 Å². The van der Waals surface area contributed by atoms with Crippen LogP contribution in [0.2, 0.25) is 0 Å². The fourth-order valence-electron chi connectivity index (χ4n) is 1.80. The summed E-state index contributed by atoms with van der Waals surface area (Å²) in [5, 5.41) is 3.22. The number of benzene rings is 1. The van der Waals surface area contributed by atoms with Gasteiger partial charge in [-0.2, -0.15) is 13.2 Å². The van der Waals surface area contributed by atoms with Crippen LogP contribution in [0, 0.1) is 0 Å². The number of rotatable bonds is 4. The van der Waals surface area contributed by atoms with Gasteiger partial charge in [0.15, 0.2) is 0 Å². The molecule has 0 saturated heterocycles. The SMILES string of the molecule is CCCNc1ccnc(-c2ccc(C(F)(F)F)cc2)c1. The summed E-state index contributed by atoms with van der Waals surface area (Å²) >= 11 is 0. The fourth-order valence-corrected chi connectivity index (χ4v) is 1.80. The van der Waals surface area contributed by atoms with Gasteiger partial charge in [-0.1, -0.05) is 19.1 Å². The largest absolute Gasteiger partial charge is 0.416 e. The number of pyridine rings is 1. The lowest BCUT2D eigenvalue weighted by molar-refractivity contribution is -0.137. The van der Waals surface area contributed by atoms with Crippen molar-refractivity contribution in [1.29, 1.82) is 0 Å². The summed E-state index contributed by atoms with van der Waals surface area (Å²) in [6.45, 7) is 2.90. The molecule has 0 aliphatic carbocycles. The smallest absolute Gasteiger partial charge is 0.385 e. The summed E-state index contributed by atoms with van der Waals surface area (Å²) in [5.74, 6) is 0. The van der Waals surface area contributed by atoms with E-state index in [2.05, 4.69) is 17.2 Å². The van der Waals surface area contributed by atoms with Crippen molar-refractivity contribution in [2.75, 3.05) is 11.9 Å². The van der Waals surface area contributed by atoms with Gasteiger partial charge in [-0.3, -0.25) is 4.98 Å². The molecule has 2 nitrogen and oxygen atoms in total. The normalized spacial score (nSPS) is 11.4. The predicted molar refractivity (Wildman–Crippen MR) is 73.5 cm³/mol. The van der Waals surface area contributed by atoms with Gasteiger partial charge < -0.3 is 5.32 Å². The molecule has 20 heavy (non-hydrogen) atoms. The van der Waals surface area contributed by atoms with Crippen LogP contribution in [0.1, 0.15) is 18.9 Å². The topological polar surface area (TPSA) is 24.9 Å². The van der Waals surface area contributed by atoms with Crippen LogP contribution in [0.5, 0.6) is 0 Å². The summed E-state index contributed by atoms with van der Waals surface area (Å²) < 4.78 is 37.5. The summed E-state index contributed by atoms with van der Waals surface area (Å²) in [6, 6.07) is 8.69. The number of hydrogen-bond acceptors (Lipinski definition) is 2. The summed E-state index contributed by atoms with van der Waals surface area (Å²) in [4.78, 5) is 4.19. The molecule has 0 unspecified atom stereocenters. The molecule has 0 aliphatic rings. The Hall–Kier alpha value is -2.04. The van der Waals surface area contributed by atoms with Crippen molar-refractivity contribution in [2.24, 2.45) is 0 Å². The third-order valence-electron chi connectivity index (χ3n) is 2.85. The second-order valence-electron chi connectivity index (χ2n) is 4.43. The number of alkyl halides is 3. The van der Waals surface area contributed by atoms with E-state index >= 15 is 0 Å². The van der Waals surface area contributed by atoms with Gasteiger partial charge in [-0.25, -0.2) is 0 Å². The molecule has 5 heteroatoms. The van der Waals surface area contributed by atoms with E-state index in [0.717, 1.165) is 30.8 Å². The molecular formula is C15H15F3N2. The highest BCUT2D eigenvalue weighted by Gasteiger charge is 2.29. The molecule has 1 aromatic heterocycles. The molecule has 0 spiro atoms. The number of aromatic nitrogens is 1. The molecule has 0 saturated carbocycles. The number of nitrogens with one attached hydrogen (secondary N) is 1. The zero-order chi connectivity index (χ0) is 14.6. The monoisotopic (exact) mass is 280 g/mol. The highest BCUT2D eigenvalue weighted by atomic mass is 19.4. The maximum atomic E-state index is 12.5. The van der Waals surface area contributed by atoms with E-state index in [9.17, 15) is 13.2 Å². The molecule has 1 aromatic carbocycles. The standard InChI is InChI=1S/C15H15F3N2/c1-2-8-19-13-7-9-20-14(10-13)11-3-5-12(6-4-11)15(16,17)18/h3-7,9-10H,2,8H2,1H3,(H,19,20). The molecule has 0 aliphatic heterocycles. The minimum Gasteiger partial charge on any atom is -0.385 e. The molecule has 106 valence electrons. The minimum absolute atomic E-state index is 0.651. The van der Waals surface area contributed by atoms with Gasteiger partial charge in [0, 0.05) is 24.0 Å². The van der Waals surface area contributed by atoms with Gasteiger partial charge in [0.05, 0.1) is 11.3 Å². The van der Waals surface area contributed by atoms with Crippen LogP contribution < -0.4 is 5.32 Å². The van der Waals surface area contributed by atoms with Gasteiger partial charge in [-0.15, -0.1) is 0 Å². The van der Waals surface area contributed by atoms with Crippen molar-refractivity contribution in [3.63, 3.8) is 0 Å². The molecule has 0 fully saturated rings. The van der Waals surface area contributed by atoms with Crippen LogP contribution in [-0.2, 0) is 6.18 Å². The second kappa shape index (κ2) is 5.94. The first-order chi connectivity index (χ1) is 9.50. The van der Waals surface area contributed by atoms with Crippen LogP contribution in [-0.4, -0.2) is 11.5 Å². The Morgan fingerprint density at radius 2 is 1.80 bits per heavy atom. The molecule has 2 rings (SSSR count). The predicted octanol–water partition coefficient (Wildman–Crippen LogP) is 4.59. The van der Waals surface area contributed by atoms with Crippen molar-refractivity contribution < 1.29 is 13.2 Å².